The van der Waals surface area contributed by atoms with Crippen LogP contribution in [0.25, 0.3) is 10.6 Å². The summed E-state index contributed by atoms with van der Waals surface area (Å²) in [7, 11) is 0. The maximum absolute atomic E-state index is 13.1. The van der Waals surface area contributed by atoms with Gasteiger partial charge in [-0.1, -0.05) is 29.8 Å². The standard InChI is InChI=1S/C15H15F3N2S/c1-9-2-4-10(5-3-9)14-20-13(15(16,17)18)12(21-14)8-19-11-6-7-11/h2-5,11,19H,6-8H2,1H3. The minimum Gasteiger partial charge on any atom is -0.309 e. The zero-order valence-corrected chi connectivity index (χ0v) is 12.3. The van der Waals surface area contributed by atoms with E-state index in [0.717, 1.165) is 35.3 Å². The van der Waals surface area contributed by atoms with Crippen LogP contribution in [0.15, 0.2) is 24.3 Å². The normalized spacial score (nSPS) is 15.4. The van der Waals surface area contributed by atoms with E-state index in [9.17, 15) is 13.2 Å². The number of aromatic nitrogens is 1. The van der Waals surface area contributed by atoms with E-state index in [1.807, 2.05) is 31.2 Å². The van der Waals surface area contributed by atoms with Crippen molar-refractivity contribution in [1.82, 2.24) is 10.3 Å². The van der Waals surface area contributed by atoms with Gasteiger partial charge >= 0.3 is 6.18 Å². The molecule has 1 N–H and O–H groups in total. The lowest BCUT2D eigenvalue weighted by Crippen LogP contribution is -2.18. The number of rotatable bonds is 4. The largest absolute Gasteiger partial charge is 0.434 e. The quantitative estimate of drug-likeness (QED) is 0.905. The Kier molecular flexibility index (Phi) is 3.75. The lowest BCUT2D eigenvalue weighted by molar-refractivity contribution is -0.141. The first-order valence-corrected chi connectivity index (χ1v) is 7.62. The van der Waals surface area contributed by atoms with Crippen molar-refractivity contribution in [2.75, 3.05) is 0 Å². The van der Waals surface area contributed by atoms with Crippen molar-refractivity contribution in [1.29, 1.82) is 0 Å². The molecule has 3 rings (SSSR count). The number of halogens is 3. The van der Waals surface area contributed by atoms with Gasteiger partial charge in [0, 0.05) is 18.2 Å². The Labute approximate surface area is 125 Å². The predicted molar refractivity (Wildman–Crippen MR) is 77.2 cm³/mol. The highest BCUT2D eigenvalue weighted by molar-refractivity contribution is 7.15. The van der Waals surface area contributed by atoms with Crippen molar-refractivity contribution < 1.29 is 13.2 Å². The van der Waals surface area contributed by atoms with Crippen molar-refractivity contribution >= 4 is 11.3 Å². The van der Waals surface area contributed by atoms with Crippen LogP contribution in [0.2, 0.25) is 0 Å². The summed E-state index contributed by atoms with van der Waals surface area (Å²) in [5.41, 5.74) is 1.05. The van der Waals surface area contributed by atoms with Gasteiger partial charge in [-0.05, 0) is 19.8 Å². The third-order valence-electron chi connectivity index (χ3n) is 3.39. The first-order chi connectivity index (χ1) is 9.93. The van der Waals surface area contributed by atoms with E-state index in [1.165, 1.54) is 0 Å². The Morgan fingerprint density at radius 1 is 1.24 bits per heavy atom. The highest BCUT2D eigenvalue weighted by Gasteiger charge is 2.37. The van der Waals surface area contributed by atoms with Gasteiger partial charge < -0.3 is 5.32 Å². The molecule has 1 heterocycles. The molecule has 2 aromatic rings. The summed E-state index contributed by atoms with van der Waals surface area (Å²) >= 11 is 1.12. The maximum atomic E-state index is 13.1. The van der Waals surface area contributed by atoms with E-state index in [-0.39, 0.29) is 11.4 Å². The molecular formula is C15H15F3N2S. The predicted octanol–water partition coefficient (Wildman–Crippen LogP) is 4.39. The fraction of sp³-hybridized carbons (Fsp3) is 0.400. The molecule has 1 aromatic carbocycles. The average Bonchev–Trinajstić information content (AvgIpc) is 3.14. The smallest absolute Gasteiger partial charge is 0.309 e. The van der Waals surface area contributed by atoms with E-state index in [4.69, 9.17) is 0 Å². The summed E-state index contributed by atoms with van der Waals surface area (Å²) in [5, 5.41) is 3.56. The van der Waals surface area contributed by atoms with Crippen LogP contribution in [0, 0.1) is 6.92 Å². The van der Waals surface area contributed by atoms with Gasteiger partial charge in [-0.3, -0.25) is 0 Å². The van der Waals surface area contributed by atoms with Crippen molar-refractivity contribution in [3.8, 4) is 10.6 Å². The molecule has 0 unspecified atom stereocenters. The molecule has 1 aromatic heterocycles. The molecule has 0 spiro atoms. The molecule has 0 atom stereocenters. The molecular weight excluding hydrogens is 297 g/mol. The first-order valence-electron chi connectivity index (χ1n) is 6.81. The van der Waals surface area contributed by atoms with E-state index >= 15 is 0 Å². The number of alkyl halides is 3. The van der Waals surface area contributed by atoms with E-state index < -0.39 is 11.9 Å². The van der Waals surface area contributed by atoms with Crippen LogP contribution in [0.1, 0.15) is 29.0 Å². The summed E-state index contributed by atoms with van der Waals surface area (Å²) in [6.45, 7) is 2.18. The number of benzene rings is 1. The van der Waals surface area contributed by atoms with Gasteiger partial charge in [0.1, 0.15) is 5.01 Å². The van der Waals surface area contributed by atoms with Gasteiger partial charge in [-0.2, -0.15) is 13.2 Å². The van der Waals surface area contributed by atoms with Crippen LogP contribution in [0.3, 0.4) is 0 Å². The van der Waals surface area contributed by atoms with Crippen LogP contribution >= 0.6 is 11.3 Å². The molecule has 0 saturated heterocycles. The molecule has 0 radical (unpaired) electrons. The van der Waals surface area contributed by atoms with Gasteiger partial charge in [0.25, 0.3) is 0 Å². The maximum Gasteiger partial charge on any atom is 0.434 e. The minimum atomic E-state index is -4.40. The lowest BCUT2D eigenvalue weighted by Gasteiger charge is -2.06. The Morgan fingerprint density at radius 3 is 2.48 bits per heavy atom. The number of nitrogens with one attached hydrogen (secondary N) is 1. The Hall–Kier alpha value is -1.40. The molecule has 1 fully saturated rings. The number of thiazole rings is 1. The van der Waals surface area contributed by atoms with E-state index in [0.29, 0.717) is 11.0 Å². The van der Waals surface area contributed by atoms with Gasteiger partial charge in [0.2, 0.25) is 0 Å². The monoisotopic (exact) mass is 312 g/mol. The summed E-state index contributed by atoms with van der Waals surface area (Å²) in [4.78, 5) is 4.10. The Bertz CT molecular complexity index is 627. The Balaban J connectivity index is 1.91. The molecule has 6 heteroatoms. The molecule has 0 bridgehead atoms. The second kappa shape index (κ2) is 5.42. The molecule has 0 amide bonds. The van der Waals surface area contributed by atoms with Gasteiger partial charge in [-0.25, -0.2) is 4.98 Å². The molecule has 1 aliphatic carbocycles. The lowest BCUT2D eigenvalue weighted by atomic mass is 10.2. The van der Waals surface area contributed by atoms with Gasteiger partial charge in [-0.15, -0.1) is 11.3 Å². The molecule has 2 nitrogen and oxygen atoms in total. The average molecular weight is 312 g/mol. The second-order valence-corrected chi connectivity index (χ2v) is 6.39. The van der Waals surface area contributed by atoms with Crippen LogP contribution in [-0.4, -0.2) is 11.0 Å². The number of aryl methyl sites for hydroxylation is 1. The van der Waals surface area contributed by atoms with Crippen LogP contribution in [-0.2, 0) is 12.7 Å². The van der Waals surface area contributed by atoms with Crippen LogP contribution in [0.5, 0.6) is 0 Å². The summed E-state index contributed by atoms with van der Waals surface area (Å²) < 4.78 is 39.3. The molecule has 1 aliphatic rings. The molecule has 112 valence electrons. The first kappa shape index (κ1) is 14.5. The zero-order valence-electron chi connectivity index (χ0n) is 11.5. The van der Waals surface area contributed by atoms with E-state index in [1.54, 1.807) is 0 Å². The fourth-order valence-electron chi connectivity index (χ4n) is 2.04. The minimum absolute atomic E-state index is 0.239. The van der Waals surface area contributed by atoms with E-state index in [2.05, 4.69) is 10.3 Å². The van der Waals surface area contributed by atoms with Crippen molar-refractivity contribution in [2.45, 2.75) is 38.5 Å². The third kappa shape index (κ3) is 3.44. The number of hydrogen-bond acceptors (Lipinski definition) is 3. The molecule has 21 heavy (non-hydrogen) atoms. The third-order valence-corrected chi connectivity index (χ3v) is 4.50. The summed E-state index contributed by atoms with van der Waals surface area (Å²) in [6, 6.07) is 7.76. The van der Waals surface area contributed by atoms with Crippen molar-refractivity contribution in [2.24, 2.45) is 0 Å². The second-order valence-electron chi connectivity index (χ2n) is 5.31. The molecule has 0 aliphatic heterocycles. The topological polar surface area (TPSA) is 24.9 Å². The van der Waals surface area contributed by atoms with Crippen molar-refractivity contribution in [3.63, 3.8) is 0 Å². The summed E-state index contributed by atoms with van der Waals surface area (Å²) in [6.07, 6.45) is -2.31. The number of nitrogens with zero attached hydrogens (tertiary/aromatic N) is 1. The number of hydrogen-bond donors (Lipinski definition) is 1. The SMILES string of the molecule is Cc1ccc(-c2nc(C(F)(F)F)c(CNC3CC3)s2)cc1. The highest BCUT2D eigenvalue weighted by Crippen LogP contribution is 2.38. The van der Waals surface area contributed by atoms with Crippen LogP contribution < -0.4 is 5.32 Å². The zero-order chi connectivity index (χ0) is 15.0. The highest BCUT2D eigenvalue weighted by atomic mass is 32.1. The molecule has 1 saturated carbocycles. The van der Waals surface area contributed by atoms with Gasteiger partial charge in [0.15, 0.2) is 5.69 Å². The fourth-order valence-corrected chi connectivity index (χ4v) is 3.07. The van der Waals surface area contributed by atoms with Gasteiger partial charge in [0.05, 0.1) is 4.88 Å². The summed E-state index contributed by atoms with van der Waals surface area (Å²) in [5.74, 6) is 0. The Morgan fingerprint density at radius 2 is 1.90 bits per heavy atom. The van der Waals surface area contributed by atoms with Crippen LogP contribution in [0.4, 0.5) is 13.2 Å². The van der Waals surface area contributed by atoms with Crippen molar-refractivity contribution in [3.05, 3.63) is 40.4 Å².